The number of thiophene rings is 1. The van der Waals surface area contributed by atoms with Crippen LogP contribution in [0.5, 0.6) is 0 Å². The number of fused-ring (bicyclic) bond motifs is 2. The lowest BCUT2D eigenvalue weighted by molar-refractivity contribution is -0.153. The monoisotopic (exact) mass is 759 g/mol. The predicted octanol–water partition coefficient (Wildman–Crippen LogP) is 6.48. The Morgan fingerprint density at radius 2 is 1.71 bits per heavy atom. The Morgan fingerprint density at radius 3 is 2.39 bits per heavy atom. The smallest absolute Gasteiger partial charge is 0.370 e. The van der Waals surface area contributed by atoms with E-state index in [0.717, 1.165) is 40.2 Å². The van der Waals surface area contributed by atoms with Gasteiger partial charge in [-0.15, -0.1) is 11.3 Å². The highest BCUT2D eigenvalue weighted by molar-refractivity contribution is 7.52. The second kappa shape index (κ2) is 14.0. The Kier molecular flexibility index (Phi) is 10.2. The number of amides is 3. The molecule has 1 fully saturated rings. The van der Waals surface area contributed by atoms with Crippen molar-refractivity contribution in [1.29, 1.82) is 0 Å². The van der Waals surface area contributed by atoms with Crippen molar-refractivity contribution in [3.8, 4) is 0 Å². The van der Waals surface area contributed by atoms with Crippen LogP contribution in [0.15, 0.2) is 72.8 Å². The molecule has 0 bridgehead atoms. The standard InChI is InChI=1S/C36H37ClF2N3O7PS/c1-35(2,3)31(40-32(43)30-18-23-16-24(12-13-29(23)51-30)36(38,39)50(46,47)48)34(45)42-19-22-9-5-4-8-21(22)17-27(42)33(44)41-14-15-49-28(20-41)25-10-6-7-11-26(25)37/h4-13,16,18,27-28,31H,14-15,17,19-20H2,1-3H3,(H,40,43)(H2,46,47,48)/t27-,28?,31?/m0/s1. The average molecular weight is 760 g/mol. The number of halogens is 3. The molecule has 15 heteroatoms. The summed E-state index contributed by atoms with van der Waals surface area (Å²) in [7, 11) is -5.79. The van der Waals surface area contributed by atoms with Crippen molar-refractivity contribution in [3.05, 3.63) is 105 Å². The lowest BCUT2D eigenvalue weighted by Crippen LogP contribution is -2.61. The lowest BCUT2D eigenvalue weighted by Gasteiger charge is -2.43. The van der Waals surface area contributed by atoms with Gasteiger partial charge in [0.05, 0.1) is 18.0 Å². The number of morpholine rings is 1. The minimum Gasteiger partial charge on any atom is -0.370 e. The molecular formula is C36H37ClF2N3O7PS. The first-order chi connectivity index (χ1) is 24.0. The van der Waals surface area contributed by atoms with Crippen molar-refractivity contribution in [2.75, 3.05) is 19.7 Å². The van der Waals surface area contributed by atoms with E-state index in [1.54, 1.807) is 31.7 Å². The molecule has 4 aromatic rings. The number of nitrogens with zero attached hydrogens (tertiary/aromatic N) is 2. The maximum atomic E-state index is 14.6. The molecule has 2 aliphatic rings. The Balaban J connectivity index is 1.27. The SMILES string of the molecule is CC(C)(C)C(NC(=O)c1cc2cc(C(F)(F)P(=O)(O)O)ccc2s1)C(=O)N1Cc2ccccc2C[C@H]1C(=O)N1CCOC(c2ccccc2Cl)C1. The van der Waals surface area contributed by atoms with Crippen molar-refractivity contribution in [2.45, 2.75) is 57.6 Å². The molecule has 3 atom stereocenters. The summed E-state index contributed by atoms with van der Waals surface area (Å²) in [5, 5.41) is 3.56. The van der Waals surface area contributed by atoms with E-state index in [2.05, 4.69) is 5.32 Å². The van der Waals surface area contributed by atoms with Gasteiger partial charge < -0.3 is 29.6 Å². The number of hydrogen-bond acceptors (Lipinski definition) is 6. The molecule has 51 heavy (non-hydrogen) atoms. The van der Waals surface area contributed by atoms with Gasteiger partial charge in [-0.3, -0.25) is 18.9 Å². The van der Waals surface area contributed by atoms with E-state index < -0.39 is 54.2 Å². The van der Waals surface area contributed by atoms with Gasteiger partial charge in [0.2, 0.25) is 11.8 Å². The fourth-order valence-corrected chi connectivity index (χ4v) is 8.17. The first-order valence-corrected chi connectivity index (χ1v) is 19.1. The minimum absolute atomic E-state index is 0.110. The number of carbonyl (C=O) groups excluding carboxylic acids is 3. The van der Waals surface area contributed by atoms with Gasteiger partial charge >= 0.3 is 13.3 Å². The third-order valence-corrected chi connectivity index (χ3v) is 11.7. The second-order valence-corrected chi connectivity index (χ2v) is 17.0. The maximum Gasteiger partial charge on any atom is 0.399 e. The van der Waals surface area contributed by atoms with E-state index in [1.807, 2.05) is 42.5 Å². The molecule has 3 amide bonds. The molecular weight excluding hydrogens is 723 g/mol. The summed E-state index contributed by atoms with van der Waals surface area (Å²) in [6, 6.07) is 17.4. The van der Waals surface area contributed by atoms with E-state index in [1.165, 1.54) is 17.0 Å². The van der Waals surface area contributed by atoms with Crippen LogP contribution in [-0.2, 0) is 37.5 Å². The zero-order valence-corrected chi connectivity index (χ0v) is 30.5. The van der Waals surface area contributed by atoms with Crippen molar-refractivity contribution < 1.29 is 42.3 Å². The first-order valence-electron chi connectivity index (χ1n) is 16.3. The van der Waals surface area contributed by atoms with Crippen molar-refractivity contribution in [1.82, 2.24) is 15.1 Å². The van der Waals surface area contributed by atoms with Crippen molar-refractivity contribution in [3.63, 3.8) is 0 Å². The highest BCUT2D eigenvalue weighted by atomic mass is 35.5. The molecule has 1 saturated heterocycles. The molecule has 0 radical (unpaired) electrons. The third-order valence-electron chi connectivity index (χ3n) is 9.29. The van der Waals surface area contributed by atoms with E-state index in [9.17, 15) is 37.5 Å². The highest BCUT2D eigenvalue weighted by Crippen LogP contribution is 2.59. The van der Waals surface area contributed by atoms with Gasteiger partial charge in [0.25, 0.3) is 5.91 Å². The van der Waals surface area contributed by atoms with Crippen LogP contribution in [0, 0.1) is 5.41 Å². The third kappa shape index (κ3) is 7.46. The minimum atomic E-state index is -5.79. The molecule has 2 aliphatic heterocycles. The normalized spacial score (nSPS) is 19.1. The van der Waals surface area contributed by atoms with E-state index in [4.69, 9.17) is 16.3 Å². The zero-order chi connectivity index (χ0) is 36.9. The van der Waals surface area contributed by atoms with Gasteiger partial charge in [0.1, 0.15) is 18.2 Å². The predicted molar refractivity (Wildman–Crippen MR) is 190 cm³/mol. The summed E-state index contributed by atoms with van der Waals surface area (Å²) in [6.45, 7) is 6.38. The number of nitrogens with one attached hydrogen (secondary N) is 1. The van der Waals surface area contributed by atoms with Crippen LogP contribution in [0.4, 0.5) is 8.78 Å². The van der Waals surface area contributed by atoms with Crippen LogP contribution in [0.2, 0.25) is 5.02 Å². The van der Waals surface area contributed by atoms with Crippen LogP contribution in [0.1, 0.15) is 58.8 Å². The number of carbonyl (C=O) groups is 3. The summed E-state index contributed by atoms with van der Waals surface area (Å²) in [5.74, 6) is -1.34. The van der Waals surface area contributed by atoms with E-state index in [-0.39, 0.29) is 42.3 Å². The van der Waals surface area contributed by atoms with E-state index >= 15 is 0 Å². The molecule has 3 heterocycles. The molecule has 6 rings (SSSR count). The number of ether oxygens (including phenoxy) is 1. The van der Waals surface area contributed by atoms with Crippen LogP contribution in [0.3, 0.4) is 0 Å². The van der Waals surface area contributed by atoms with Crippen LogP contribution in [-0.4, -0.2) is 69.1 Å². The fraction of sp³-hybridized carbons (Fsp3) is 0.361. The molecule has 0 aliphatic carbocycles. The summed E-state index contributed by atoms with van der Waals surface area (Å²) in [4.78, 5) is 64.4. The van der Waals surface area contributed by atoms with Crippen LogP contribution < -0.4 is 5.32 Å². The number of rotatable bonds is 7. The van der Waals surface area contributed by atoms with E-state index in [0.29, 0.717) is 16.3 Å². The van der Waals surface area contributed by atoms with Crippen LogP contribution in [0.25, 0.3) is 10.1 Å². The molecule has 2 unspecified atom stereocenters. The number of alkyl halides is 2. The Bertz CT molecular complexity index is 2050. The number of hydrogen-bond donors (Lipinski definition) is 3. The fourth-order valence-electron chi connectivity index (χ4n) is 6.49. The lowest BCUT2D eigenvalue weighted by atomic mass is 9.84. The Labute approximate surface area is 302 Å². The maximum absolute atomic E-state index is 14.6. The quantitative estimate of drug-likeness (QED) is 0.184. The Morgan fingerprint density at radius 1 is 1.02 bits per heavy atom. The molecule has 0 saturated carbocycles. The van der Waals surface area contributed by atoms with Gasteiger partial charge in [-0.2, -0.15) is 8.78 Å². The average Bonchev–Trinajstić information content (AvgIpc) is 3.52. The summed E-state index contributed by atoms with van der Waals surface area (Å²) in [6.07, 6.45) is -0.171. The summed E-state index contributed by atoms with van der Waals surface area (Å²) in [5.41, 5.74) is -3.51. The van der Waals surface area contributed by atoms with Gasteiger partial charge in [-0.1, -0.05) is 80.9 Å². The molecule has 0 spiro atoms. The second-order valence-electron chi connectivity index (χ2n) is 13.8. The highest BCUT2D eigenvalue weighted by Gasteiger charge is 2.50. The van der Waals surface area contributed by atoms with Crippen molar-refractivity contribution in [2.24, 2.45) is 5.41 Å². The van der Waals surface area contributed by atoms with Gasteiger partial charge in [0.15, 0.2) is 0 Å². The molecule has 1 aromatic heterocycles. The first kappa shape index (κ1) is 37.1. The number of benzene rings is 3. The molecule has 10 nitrogen and oxygen atoms in total. The van der Waals surface area contributed by atoms with Gasteiger partial charge in [-0.05, 0) is 46.2 Å². The van der Waals surface area contributed by atoms with Gasteiger partial charge in [0, 0.05) is 40.4 Å². The topological polar surface area (TPSA) is 136 Å². The Hall–Kier alpha value is -3.71. The summed E-state index contributed by atoms with van der Waals surface area (Å²) < 4.78 is 46.7. The molecule has 3 N–H and O–H groups in total. The zero-order valence-electron chi connectivity index (χ0n) is 28.0. The summed E-state index contributed by atoms with van der Waals surface area (Å²) >= 11 is 7.44. The van der Waals surface area contributed by atoms with Gasteiger partial charge in [-0.25, -0.2) is 0 Å². The van der Waals surface area contributed by atoms with Crippen molar-refractivity contribution >= 4 is 58.3 Å². The molecule has 3 aromatic carbocycles. The largest absolute Gasteiger partial charge is 0.399 e. The molecule has 270 valence electrons. The van der Waals surface area contributed by atoms with Crippen LogP contribution >= 0.6 is 30.5 Å².